The van der Waals surface area contributed by atoms with Crippen LogP contribution in [0.2, 0.25) is 0 Å². The maximum atomic E-state index is 12.3. The van der Waals surface area contributed by atoms with E-state index in [1.54, 1.807) is 12.4 Å². The molecule has 0 spiro atoms. The molecule has 9 heteroatoms. The normalized spacial score (nSPS) is 32.1. The van der Waals surface area contributed by atoms with E-state index in [1.807, 2.05) is 6.07 Å². The molecule has 0 radical (unpaired) electrons. The summed E-state index contributed by atoms with van der Waals surface area (Å²) in [5, 5.41) is 21.1. The van der Waals surface area contributed by atoms with Crippen LogP contribution < -0.4 is 10.6 Å². The average molecular weight is 408 g/mol. The lowest BCUT2D eigenvalue weighted by atomic mass is 9.52. The summed E-state index contributed by atoms with van der Waals surface area (Å²) in [5.74, 6) is 0.378. The second-order valence-corrected chi connectivity index (χ2v) is 9.28. The minimum absolute atomic E-state index is 0.204. The summed E-state index contributed by atoms with van der Waals surface area (Å²) in [6.07, 6.45) is 8.21. The molecule has 3 heterocycles. The van der Waals surface area contributed by atoms with Crippen LogP contribution in [0, 0.1) is 17.8 Å². The van der Waals surface area contributed by atoms with Gasteiger partial charge >= 0.3 is 11.8 Å². The van der Waals surface area contributed by atoms with Gasteiger partial charge in [0.05, 0.1) is 22.5 Å². The predicted molar refractivity (Wildman–Crippen MR) is 110 cm³/mol. The van der Waals surface area contributed by atoms with E-state index in [1.165, 1.54) is 7.05 Å². The molecule has 0 aromatic carbocycles. The Kier molecular flexibility index (Phi) is 3.60. The van der Waals surface area contributed by atoms with E-state index in [4.69, 9.17) is 0 Å². The third-order valence-corrected chi connectivity index (χ3v) is 7.41. The molecule has 4 saturated carbocycles. The number of rotatable bonds is 2. The van der Waals surface area contributed by atoms with Gasteiger partial charge in [0.15, 0.2) is 5.65 Å². The van der Waals surface area contributed by atoms with E-state index < -0.39 is 17.4 Å². The molecular formula is C21H24N6O3. The van der Waals surface area contributed by atoms with Crippen LogP contribution in [0.15, 0.2) is 18.5 Å². The number of aromatic nitrogens is 4. The highest BCUT2D eigenvalue weighted by Gasteiger charge is 2.55. The largest absolute Gasteiger partial charge is 0.390 e. The molecule has 0 aliphatic heterocycles. The lowest BCUT2D eigenvalue weighted by Gasteiger charge is -2.58. The standard InChI is InChI=1S/C21H24N6O3/c1-22-19(28)20(29)25-18-14-9-24-17-13(2-3-23-17)16(14)27(26-18)15-11-4-10-5-12(15)8-21(30,6-10)7-11/h2-3,9-12,15,26,30H,4-8H2,1H3,(H,22,28)(H,25,29)/t10?,11-,12+,15?,21?. The molecule has 0 saturated heterocycles. The number of nitrogens with one attached hydrogen (secondary N) is 3. The first kappa shape index (κ1) is 17.9. The summed E-state index contributed by atoms with van der Waals surface area (Å²) in [5.41, 5.74) is 1.07. The van der Waals surface area contributed by atoms with E-state index in [2.05, 4.69) is 30.4 Å². The zero-order valence-electron chi connectivity index (χ0n) is 16.7. The highest BCUT2D eigenvalue weighted by atomic mass is 16.3. The van der Waals surface area contributed by atoms with Crippen LogP contribution in [0.4, 0.5) is 5.82 Å². The number of aromatic amines is 1. The van der Waals surface area contributed by atoms with Gasteiger partial charge in [0.2, 0.25) is 0 Å². The van der Waals surface area contributed by atoms with Crippen LogP contribution in [-0.2, 0) is 9.59 Å². The highest BCUT2D eigenvalue weighted by molar-refractivity contribution is 6.40. The number of amides is 2. The summed E-state index contributed by atoms with van der Waals surface area (Å²) in [6, 6.07) is 2.14. The zero-order chi connectivity index (χ0) is 20.6. The molecule has 3 aromatic heterocycles. The Labute approximate surface area is 172 Å². The maximum Gasteiger partial charge on any atom is 0.314 e. The summed E-state index contributed by atoms with van der Waals surface area (Å²) in [4.78, 5) is 32.8. The van der Waals surface area contributed by atoms with Gasteiger partial charge in [-0.15, -0.1) is 0 Å². The molecule has 3 unspecified atom stereocenters. The molecule has 2 amide bonds. The van der Waals surface area contributed by atoms with Gasteiger partial charge in [-0.1, -0.05) is 0 Å². The Bertz CT molecular complexity index is 1180. The second-order valence-electron chi connectivity index (χ2n) is 9.28. The number of hydrogen-bond acceptors (Lipinski definition) is 5. The number of likely N-dealkylation sites (N-methyl/N-ethyl adjacent to an activating group) is 1. The fourth-order valence-electron chi connectivity index (χ4n) is 6.60. The fraction of sp³-hybridized carbons (Fsp3) is 0.524. The van der Waals surface area contributed by atoms with Crippen LogP contribution in [-0.4, -0.2) is 49.3 Å². The van der Waals surface area contributed by atoms with Gasteiger partial charge in [0.25, 0.3) is 0 Å². The Balaban J connectivity index is 1.51. The van der Waals surface area contributed by atoms with E-state index in [0.29, 0.717) is 29.2 Å². The maximum absolute atomic E-state index is 12.3. The summed E-state index contributed by atoms with van der Waals surface area (Å²) < 4.78 is 2.15. The lowest BCUT2D eigenvalue weighted by Crippen LogP contribution is -2.55. The van der Waals surface area contributed by atoms with E-state index in [0.717, 1.165) is 48.4 Å². The zero-order valence-corrected chi connectivity index (χ0v) is 16.7. The minimum atomic E-state index is -0.729. The number of H-pyrrole nitrogens is 1. The van der Waals surface area contributed by atoms with Gasteiger partial charge in [0, 0.05) is 24.8 Å². The molecule has 30 heavy (non-hydrogen) atoms. The second kappa shape index (κ2) is 6.04. The molecule has 9 nitrogen and oxygen atoms in total. The average Bonchev–Trinajstić information content (AvgIpc) is 3.30. The molecule has 5 atom stereocenters. The van der Waals surface area contributed by atoms with Gasteiger partial charge in [-0.3, -0.25) is 19.4 Å². The van der Waals surface area contributed by atoms with Crippen LogP contribution in [0.3, 0.4) is 0 Å². The van der Waals surface area contributed by atoms with Crippen molar-refractivity contribution in [2.24, 2.45) is 17.8 Å². The molecule has 4 N–H and O–H groups in total. The van der Waals surface area contributed by atoms with Crippen molar-refractivity contribution in [3.8, 4) is 0 Å². The number of fused-ring (bicyclic) bond motifs is 3. The van der Waals surface area contributed by atoms with Crippen molar-refractivity contribution >= 4 is 39.6 Å². The van der Waals surface area contributed by atoms with Crippen LogP contribution in [0.25, 0.3) is 21.9 Å². The van der Waals surface area contributed by atoms with Crippen molar-refractivity contribution < 1.29 is 14.7 Å². The topological polar surface area (TPSA) is 125 Å². The van der Waals surface area contributed by atoms with E-state index >= 15 is 0 Å². The number of anilines is 1. The summed E-state index contributed by atoms with van der Waals surface area (Å²) in [6.45, 7) is 0. The van der Waals surface area contributed by atoms with Crippen molar-refractivity contribution in [1.82, 2.24) is 25.1 Å². The Hall–Kier alpha value is -2.94. The first-order chi connectivity index (χ1) is 14.5. The van der Waals surface area contributed by atoms with Gasteiger partial charge in [-0.2, -0.15) is 0 Å². The van der Waals surface area contributed by atoms with E-state index in [-0.39, 0.29) is 6.04 Å². The fourth-order valence-corrected chi connectivity index (χ4v) is 6.60. The number of carbonyl (C=O) groups excluding carboxylic acids is 2. The molecule has 156 valence electrons. The molecule has 4 bridgehead atoms. The third kappa shape index (κ3) is 2.44. The van der Waals surface area contributed by atoms with Crippen molar-refractivity contribution in [1.29, 1.82) is 0 Å². The molecule has 4 fully saturated rings. The quantitative estimate of drug-likeness (QED) is 0.481. The first-order valence-electron chi connectivity index (χ1n) is 10.5. The highest BCUT2D eigenvalue weighted by Crippen LogP contribution is 2.60. The van der Waals surface area contributed by atoms with Crippen molar-refractivity contribution in [3.05, 3.63) is 18.5 Å². The van der Waals surface area contributed by atoms with Gasteiger partial charge in [-0.25, -0.2) is 9.97 Å². The molecule has 4 aliphatic carbocycles. The smallest absolute Gasteiger partial charge is 0.314 e. The molecule has 4 aliphatic rings. The van der Waals surface area contributed by atoms with Crippen molar-refractivity contribution in [2.75, 3.05) is 12.4 Å². The number of carbonyl (C=O) groups is 2. The minimum Gasteiger partial charge on any atom is -0.390 e. The van der Waals surface area contributed by atoms with Crippen molar-refractivity contribution in [3.63, 3.8) is 0 Å². The van der Waals surface area contributed by atoms with Crippen LogP contribution in [0.5, 0.6) is 0 Å². The Morgan fingerprint density at radius 1 is 1.17 bits per heavy atom. The number of hydrogen-bond donors (Lipinski definition) is 4. The first-order valence-corrected chi connectivity index (χ1v) is 10.5. The number of pyridine rings is 1. The Morgan fingerprint density at radius 2 is 1.93 bits per heavy atom. The number of aliphatic hydroxyl groups is 1. The molecular weight excluding hydrogens is 384 g/mol. The third-order valence-electron chi connectivity index (χ3n) is 7.41. The van der Waals surface area contributed by atoms with Crippen molar-refractivity contribution in [2.45, 2.75) is 43.7 Å². The summed E-state index contributed by atoms with van der Waals surface area (Å²) in [7, 11) is 1.43. The monoisotopic (exact) mass is 408 g/mol. The van der Waals surface area contributed by atoms with Crippen LogP contribution in [0.1, 0.15) is 38.1 Å². The predicted octanol–water partition coefficient (Wildman–Crippen LogP) is 1.71. The van der Waals surface area contributed by atoms with Crippen LogP contribution >= 0.6 is 0 Å². The summed E-state index contributed by atoms with van der Waals surface area (Å²) >= 11 is 0. The number of nitrogens with zero attached hydrogens (tertiary/aromatic N) is 3. The SMILES string of the molecule is CNC(=O)C(=O)Nc1[nH]n(C2[C@@H]3CC4C[C@H]2CC(O)(C4)C3)c2c1cnc1nccc12. The van der Waals surface area contributed by atoms with Gasteiger partial charge in [0.1, 0.15) is 5.82 Å². The van der Waals surface area contributed by atoms with Gasteiger partial charge < -0.3 is 15.7 Å². The lowest BCUT2D eigenvalue weighted by molar-refractivity contribution is -0.148. The molecule has 3 aromatic rings. The van der Waals surface area contributed by atoms with Gasteiger partial charge in [-0.05, 0) is 55.9 Å². The van der Waals surface area contributed by atoms with E-state index in [9.17, 15) is 14.7 Å². The Morgan fingerprint density at radius 3 is 2.63 bits per heavy atom. The molecule has 7 rings (SSSR count).